The van der Waals surface area contributed by atoms with Crippen molar-refractivity contribution < 1.29 is 18.8 Å². The monoisotopic (exact) mass is 556 g/mol. The van der Waals surface area contributed by atoms with Crippen LogP contribution in [0.2, 0.25) is 0 Å². The normalized spacial score (nSPS) is 11.8. The number of rotatable bonds is 7. The summed E-state index contributed by atoms with van der Waals surface area (Å²) in [6.45, 7) is 11.8. The largest absolute Gasteiger partial charge is 0.347 e. The van der Waals surface area contributed by atoms with E-state index < -0.39 is 0 Å². The van der Waals surface area contributed by atoms with Crippen LogP contribution >= 0.6 is 0 Å². The Hall–Kier alpha value is -4.46. The summed E-state index contributed by atoms with van der Waals surface area (Å²) in [6.07, 6.45) is 0.365. The fourth-order valence-corrected chi connectivity index (χ4v) is 4.50. The summed E-state index contributed by atoms with van der Waals surface area (Å²) < 4.78 is 16.4. The topological polar surface area (TPSA) is 92.2 Å². The molecule has 0 atom stereocenters. The van der Waals surface area contributed by atoms with Gasteiger partial charge in [-0.3, -0.25) is 14.4 Å². The Bertz CT molecular complexity index is 1590. The van der Waals surface area contributed by atoms with E-state index >= 15 is 0 Å². The number of nitrogens with zero attached hydrogens (tertiary/aromatic N) is 1. The fraction of sp³-hybridized carbons (Fsp3) is 0.303. The van der Waals surface area contributed by atoms with Crippen molar-refractivity contribution >= 4 is 40.0 Å². The zero-order valence-corrected chi connectivity index (χ0v) is 24.4. The van der Waals surface area contributed by atoms with Crippen LogP contribution in [0.1, 0.15) is 74.4 Å². The Kier molecular flexibility index (Phi) is 8.33. The van der Waals surface area contributed by atoms with E-state index in [4.69, 9.17) is 0 Å². The van der Waals surface area contributed by atoms with Crippen LogP contribution in [0.4, 0.5) is 15.8 Å². The van der Waals surface area contributed by atoms with Gasteiger partial charge in [0.15, 0.2) is 0 Å². The van der Waals surface area contributed by atoms with Crippen molar-refractivity contribution in [3.05, 3.63) is 95.4 Å². The minimum absolute atomic E-state index is 0.0970. The van der Waals surface area contributed by atoms with Gasteiger partial charge in [-0.1, -0.05) is 39.0 Å². The summed E-state index contributed by atoms with van der Waals surface area (Å²) in [5, 5.41) is 9.47. The van der Waals surface area contributed by atoms with Crippen molar-refractivity contribution in [2.45, 2.75) is 60.0 Å². The number of aromatic nitrogens is 1. The molecule has 3 amide bonds. The molecule has 0 spiro atoms. The Morgan fingerprint density at radius 1 is 0.780 bits per heavy atom. The number of halogens is 1. The van der Waals surface area contributed by atoms with Gasteiger partial charge in [0, 0.05) is 45.4 Å². The molecule has 214 valence electrons. The SMILES string of the molecule is CC(C)(C)CC(=O)Nc1ccc2c(c1)cc(C(=O)Nc1ccc(C(=O)NC(C)(C)C)cc1)n2Cc1ccccc1F. The average molecular weight is 557 g/mol. The standard InChI is InChI=1S/C33H37FN4O3/c1-32(2,3)19-29(39)35-25-15-16-27-23(17-25)18-28(38(27)20-22-9-7-8-10-26(22)34)31(41)36-24-13-11-21(12-14-24)30(40)37-33(4,5)6/h7-18H,19-20H2,1-6H3,(H,35,39)(H,36,41)(H,37,40). The maximum absolute atomic E-state index is 14.6. The first kappa shape index (κ1) is 29.5. The molecule has 0 fully saturated rings. The van der Waals surface area contributed by atoms with Gasteiger partial charge in [0.05, 0.1) is 6.54 Å². The van der Waals surface area contributed by atoms with Gasteiger partial charge in [-0.25, -0.2) is 4.39 Å². The van der Waals surface area contributed by atoms with E-state index in [0.29, 0.717) is 34.6 Å². The summed E-state index contributed by atoms with van der Waals surface area (Å²) in [5.41, 5.74) is 2.58. The van der Waals surface area contributed by atoms with Gasteiger partial charge < -0.3 is 20.5 Å². The van der Waals surface area contributed by atoms with Crippen molar-refractivity contribution in [3.8, 4) is 0 Å². The Morgan fingerprint density at radius 2 is 1.44 bits per heavy atom. The van der Waals surface area contributed by atoms with Crippen LogP contribution < -0.4 is 16.0 Å². The lowest BCUT2D eigenvalue weighted by Crippen LogP contribution is -2.40. The first-order chi connectivity index (χ1) is 19.2. The second kappa shape index (κ2) is 11.6. The molecule has 3 N–H and O–H groups in total. The number of amides is 3. The third kappa shape index (κ3) is 7.81. The molecule has 0 radical (unpaired) electrons. The Morgan fingerprint density at radius 3 is 2.07 bits per heavy atom. The number of nitrogens with one attached hydrogen (secondary N) is 3. The predicted molar refractivity (Wildman–Crippen MR) is 162 cm³/mol. The van der Waals surface area contributed by atoms with Crippen LogP contribution in [-0.2, 0) is 11.3 Å². The van der Waals surface area contributed by atoms with Crippen LogP contribution in [-0.4, -0.2) is 27.8 Å². The van der Waals surface area contributed by atoms with Gasteiger partial charge in [-0.05, 0) is 80.8 Å². The molecule has 4 aromatic rings. The van der Waals surface area contributed by atoms with Gasteiger partial charge in [0.25, 0.3) is 11.8 Å². The van der Waals surface area contributed by atoms with Gasteiger partial charge in [0.2, 0.25) is 5.91 Å². The average Bonchev–Trinajstić information content (AvgIpc) is 3.21. The highest BCUT2D eigenvalue weighted by Crippen LogP contribution is 2.27. The number of benzene rings is 3. The van der Waals surface area contributed by atoms with Gasteiger partial charge >= 0.3 is 0 Å². The molecule has 8 heteroatoms. The highest BCUT2D eigenvalue weighted by molar-refractivity contribution is 6.07. The van der Waals surface area contributed by atoms with E-state index in [1.165, 1.54) is 6.07 Å². The van der Waals surface area contributed by atoms with Crippen LogP contribution in [0.3, 0.4) is 0 Å². The number of hydrogen-bond donors (Lipinski definition) is 3. The van der Waals surface area contributed by atoms with Crippen molar-refractivity contribution in [3.63, 3.8) is 0 Å². The zero-order valence-electron chi connectivity index (χ0n) is 24.4. The molecule has 7 nitrogen and oxygen atoms in total. The molecule has 0 aliphatic rings. The number of carbonyl (C=O) groups excluding carboxylic acids is 3. The van der Waals surface area contributed by atoms with Gasteiger partial charge in [-0.15, -0.1) is 0 Å². The summed E-state index contributed by atoms with van der Waals surface area (Å²) in [4.78, 5) is 38.5. The fourth-order valence-electron chi connectivity index (χ4n) is 4.50. The minimum Gasteiger partial charge on any atom is -0.347 e. The van der Waals surface area contributed by atoms with Crippen LogP contribution in [0.15, 0.2) is 72.8 Å². The summed E-state index contributed by atoms with van der Waals surface area (Å²) in [5.74, 6) is -1.05. The lowest BCUT2D eigenvalue weighted by molar-refractivity contribution is -0.117. The third-order valence-electron chi connectivity index (χ3n) is 6.29. The molecule has 0 unspecified atom stereocenters. The van der Waals surface area contributed by atoms with Crippen molar-refractivity contribution in [1.82, 2.24) is 9.88 Å². The van der Waals surface area contributed by atoms with Crippen molar-refractivity contribution in [2.24, 2.45) is 5.41 Å². The molecule has 3 aromatic carbocycles. The molecule has 1 aromatic heterocycles. The van der Waals surface area contributed by atoms with E-state index in [1.807, 2.05) is 53.7 Å². The molecule has 0 aliphatic heterocycles. The van der Waals surface area contributed by atoms with E-state index in [1.54, 1.807) is 59.2 Å². The van der Waals surface area contributed by atoms with Crippen LogP contribution in [0, 0.1) is 11.2 Å². The quantitative estimate of drug-likeness (QED) is 0.229. The molecule has 0 saturated heterocycles. The van der Waals surface area contributed by atoms with Crippen molar-refractivity contribution in [2.75, 3.05) is 10.6 Å². The number of fused-ring (bicyclic) bond motifs is 1. The Labute approximate surface area is 240 Å². The van der Waals surface area contributed by atoms with Crippen molar-refractivity contribution in [1.29, 1.82) is 0 Å². The number of hydrogen-bond acceptors (Lipinski definition) is 3. The third-order valence-corrected chi connectivity index (χ3v) is 6.29. The minimum atomic E-state index is -0.386. The number of anilines is 2. The molecular weight excluding hydrogens is 519 g/mol. The molecule has 0 saturated carbocycles. The van der Waals surface area contributed by atoms with Gasteiger partial charge in [-0.2, -0.15) is 0 Å². The molecule has 41 heavy (non-hydrogen) atoms. The molecule has 0 bridgehead atoms. The van der Waals surface area contributed by atoms with Crippen LogP contribution in [0.25, 0.3) is 10.9 Å². The van der Waals surface area contributed by atoms with E-state index in [-0.39, 0.29) is 41.0 Å². The molecule has 4 rings (SSSR count). The lowest BCUT2D eigenvalue weighted by atomic mass is 9.92. The zero-order chi connectivity index (χ0) is 29.9. The van der Waals surface area contributed by atoms with Crippen LogP contribution in [0.5, 0.6) is 0 Å². The van der Waals surface area contributed by atoms with E-state index in [0.717, 1.165) is 10.9 Å². The van der Waals surface area contributed by atoms with E-state index in [2.05, 4.69) is 16.0 Å². The maximum atomic E-state index is 14.6. The first-order valence-corrected chi connectivity index (χ1v) is 13.6. The highest BCUT2D eigenvalue weighted by atomic mass is 19.1. The summed E-state index contributed by atoms with van der Waals surface area (Å²) >= 11 is 0. The first-order valence-electron chi connectivity index (χ1n) is 13.6. The second-order valence-corrected chi connectivity index (χ2v) is 12.5. The smallest absolute Gasteiger partial charge is 0.272 e. The lowest BCUT2D eigenvalue weighted by Gasteiger charge is -2.20. The highest BCUT2D eigenvalue weighted by Gasteiger charge is 2.20. The molecule has 1 heterocycles. The maximum Gasteiger partial charge on any atom is 0.272 e. The second-order valence-electron chi connectivity index (χ2n) is 12.5. The molecular formula is C33H37FN4O3. The summed E-state index contributed by atoms with van der Waals surface area (Å²) in [7, 11) is 0. The Balaban J connectivity index is 1.64. The van der Waals surface area contributed by atoms with Gasteiger partial charge in [0.1, 0.15) is 11.5 Å². The summed E-state index contributed by atoms with van der Waals surface area (Å²) in [6, 6.07) is 20.2. The molecule has 0 aliphatic carbocycles. The van der Waals surface area contributed by atoms with E-state index in [9.17, 15) is 18.8 Å². The number of carbonyl (C=O) groups is 3. The predicted octanol–water partition coefficient (Wildman–Crippen LogP) is 6.98.